The predicted octanol–water partition coefficient (Wildman–Crippen LogP) is 0.0226. The monoisotopic (exact) mass is 190 g/mol. The lowest BCUT2D eigenvalue weighted by Crippen LogP contribution is -2.24. The van der Waals surface area contributed by atoms with Crippen LogP contribution in [0, 0.1) is 0 Å². The Bertz CT molecular complexity index is 153. The van der Waals surface area contributed by atoms with Gasteiger partial charge >= 0.3 is 5.97 Å². The first-order chi connectivity index (χ1) is 6.33. The quantitative estimate of drug-likeness (QED) is 0.500. The van der Waals surface area contributed by atoms with Crippen LogP contribution in [0.3, 0.4) is 0 Å². The summed E-state index contributed by atoms with van der Waals surface area (Å²) in [6.07, 6.45) is 2.69. The lowest BCUT2D eigenvalue weighted by Gasteiger charge is -2.22. The van der Waals surface area contributed by atoms with E-state index in [9.17, 15) is 4.79 Å². The van der Waals surface area contributed by atoms with Crippen molar-refractivity contribution in [3.8, 4) is 0 Å². The van der Waals surface area contributed by atoms with Crippen molar-refractivity contribution in [3.05, 3.63) is 0 Å². The molecule has 1 aliphatic rings. The number of ether oxygens (including phenoxy) is 3. The molecule has 5 heteroatoms. The zero-order valence-electron chi connectivity index (χ0n) is 7.40. The van der Waals surface area contributed by atoms with Gasteiger partial charge in [-0.3, -0.25) is 0 Å². The maximum absolute atomic E-state index is 10.5. The molecule has 1 fully saturated rings. The SMILES string of the molecule is O=C(CO)OCOC1CCCCO1. The highest BCUT2D eigenvalue weighted by atomic mass is 16.8. The minimum atomic E-state index is -0.684. The highest BCUT2D eigenvalue weighted by Crippen LogP contribution is 2.13. The fraction of sp³-hybridized carbons (Fsp3) is 0.875. The van der Waals surface area contributed by atoms with Crippen molar-refractivity contribution < 1.29 is 24.1 Å². The minimum absolute atomic E-state index is 0.149. The average Bonchev–Trinajstić information content (AvgIpc) is 2.19. The molecule has 0 aliphatic carbocycles. The molecule has 0 radical (unpaired) electrons. The maximum Gasteiger partial charge on any atom is 0.333 e. The van der Waals surface area contributed by atoms with E-state index in [4.69, 9.17) is 14.6 Å². The van der Waals surface area contributed by atoms with E-state index in [1.54, 1.807) is 0 Å². The third-order valence-corrected chi connectivity index (χ3v) is 1.74. The summed E-state index contributed by atoms with van der Waals surface area (Å²) >= 11 is 0. The van der Waals surface area contributed by atoms with E-state index in [2.05, 4.69) is 4.74 Å². The summed E-state index contributed by atoms with van der Waals surface area (Å²) in [4.78, 5) is 10.5. The molecule has 5 nitrogen and oxygen atoms in total. The van der Waals surface area contributed by atoms with Crippen LogP contribution < -0.4 is 0 Å². The molecule has 0 aromatic rings. The topological polar surface area (TPSA) is 65.0 Å². The molecular weight excluding hydrogens is 176 g/mol. The van der Waals surface area contributed by atoms with Crippen LogP contribution in [-0.4, -0.2) is 37.4 Å². The molecule has 1 atom stereocenters. The molecule has 0 amide bonds. The lowest BCUT2D eigenvalue weighted by molar-refractivity contribution is -0.211. The Morgan fingerprint density at radius 2 is 2.38 bits per heavy atom. The Morgan fingerprint density at radius 1 is 1.54 bits per heavy atom. The van der Waals surface area contributed by atoms with Crippen LogP contribution in [0.4, 0.5) is 0 Å². The molecule has 1 saturated heterocycles. The molecule has 0 aromatic carbocycles. The van der Waals surface area contributed by atoms with E-state index in [-0.39, 0.29) is 13.1 Å². The molecule has 0 spiro atoms. The molecule has 1 N–H and O–H groups in total. The molecule has 76 valence electrons. The smallest absolute Gasteiger partial charge is 0.333 e. The lowest BCUT2D eigenvalue weighted by atomic mass is 10.2. The van der Waals surface area contributed by atoms with Gasteiger partial charge in [-0.05, 0) is 19.3 Å². The van der Waals surface area contributed by atoms with Crippen molar-refractivity contribution in [2.45, 2.75) is 25.6 Å². The fourth-order valence-electron chi connectivity index (χ4n) is 1.06. The van der Waals surface area contributed by atoms with E-state index < -0.39 is 12.6 Å². The molecule has 0 aromatic heterocycles. The number of aliphatic hydroxyl groups excluding tert-OH is 1. The van der Waals surface area contributed by atoms with Crippen LogP contribution in [0.25, 0.3) is 0 Å². The first kappa shape index (κ1) is 10.4. The van der Waals surface area contributed by atoms with Crippen molar-refractivity contribution in [3.63, 3.8) is 0 Å². The zero-order chi connectivity index (χ0) is 9.52. The molecule has 1 rings (SSSR count). The van der Waals surface area contributed by atoms with Crippen molar-refractivity contribution in [1.29, 1.82) is 0 Å². The summed E-state index contributed by atoms with van der Waals surface area (Å²) in [7, 11) is 0. The number of rotatable bonds is 4. The third kappa shape index (κ3) is 4.21. The van der Waals surface area contributed by atoms with Crippen LogP contribution in [0.2, 0.25) is 0 Å². The Hall–Kier alpha value is -0.650. The number of hydrogen-bond acceptors (Lipinski definition) is 5. The van der Waals surface area contributed by atoms with Gasteiger partial charge in [0, 0.05) is 6.61 Å². The standard InChI is InChI=1S/C8H14O5/c9-5-7(10)12-6-13-8-3-1-2-4-11-8/h8-9H,1-6H2. The van der Waals surface area contributed by atoms with E-state index in [1.165, 1.54) is 0 Å². The molecule has 1 aliphatic heterocycles. The van der Waals surface area contributed by atoms with Gasteiger partial charge in [-0.1, -0.05) is 0 Å². The number of carbonyl (C=O) groups is 1. The zero-order valence-corrected chi connectivity index (χ0v) is 7.40. The Morgan fingerprint density at radius 3 is 3.00 bits per heavy atom. The van der Waals surface area contributed by atoms with Gasteiger partial charge in [0.15, 0.2) is 13.1 Å². The Labute approximate surface area is 76.6 Å². The van der Waals surface area contributed by atoms with Gasteiger partial charge in [-0.25, -0.2) is 4.79 Å². The van der Waals surface area contributed by atoms with Crippen LogP contribution in [0.1, 0.15) is 19.3 Å². The highest BCUT2D eigenvalue weighted by molar-refractivity contribution is 5.70. The number of carbonyl (C=O) groups excluding carboxylic acids is 1. The van der Waals surface area contributed by atoms with Gasteiger partial charge in [0.2, 0.25) is 0 Å². The van der Waals surface area contributed by atoms with E-state index in [1.807, 2.05) is 0 Å². The van der Waals surface area contributed by atoms with Crippen LogP contribution in [0.5, 0.6) is 0 Å². The van der Waals surface area contributed by atoms with Crippen LogP contribution in [0.15, 0.2) is 0 Å². The second-order valence-corrected chi connectivity index (χ2v) is 2.76. The van der Waals surface area contributed by atoms with E-state index in [0.717, 1.165) is 19.3 Å². The van der Waals surface area contributed by atoms with Crippen molar-refractivity contribution in [2.75, 3.05) is 20.0 Å². The predicted molar refractivity (Wildman–Crippen MR) is 42.7 cm³/mol. The molecule has 0 bridgehead atoms. The maximum atomic E-state index is 10.5. The molecule has 1 heterocycles. The molecule has 13 heavy (non-hydrogen) atoms. The van der Waals surface area contributed by atoms with Crippen LogP contribution in [-0.2, 0) is 19.0 Å². The van der Waals surface area contributed by atoms with Gasteiger partial charge in [0.1, 0.15) is 6.61 Å². The third-order valence-electron chi connectivity index (χ3n) is 1.74. The summed E-state index contributed by atoms with van der Waals surface area (Å²) in [5.41, 5.74) is 0. The van der Waals surface area contributed by atoms with Gasteiger partial charge in [-0.15, -0.1) is 0 Å². The van der Waals surface area contributed by atoms with Gasteiger partial charge in [-0.2, -0.15) is 0 Å². The summed E-state index contributed by atoms with van der Waals surface area (Å²) in [6, 6.07) is 0. The van der Waals surface area contributed by atoms with Gasteiger partial charge in [0.05, 0.1) is 0 Å². The van der Waals surface area contributed by atoms with Crippen LogP contribution >= 0.6 is 0 Å². The summed E-state index contributed by atoms with van der Waals surface area (Å²) < 4.78 is 14.8. The number of esters is 1. The Kier molecular flexibility index (Phi) is 4.74. The first-order valence-electron chi connectivity index (χ1n) is 4.32. The molecule has 1 unspecified atom stereocenters. The fourth-order valence-corrected chi connectivity index (χ4v) is 1.06. The number of aliphatic hydroxyl groups is 1. The Balaban J connectivity index is 2.01. The van der Waals surface area contributed by atoms with Crippen molar-refractivity contribution in [1.82, 2.24) is 0 Å². The van der Waals surface area contributed by atoms with Crippen molar-refractivity contribution >= 4 is 5.97 Å². The largest absolute Gasteiger partial charge is 0.437 e. The summed E-state index contributed by atoms with van der Waals surface area (Å²) in [5.74, 6) is -0.684. The van der Waals surface area contributed by atoms with Gasteiger partial charge < -0.3 is 19.3 Å². The number of hydrogen-bond donors (Lipinski definition) is 1. The average molecular weight is 190 g/mol. The second kappa shape index (κ2) is 5.90. The summed E-state index contributed by atoms with van der Waals surface area (Å²) in [6.45, 7) is -0.0719. The normalized spacial score (nSPS) is 22.7. The van der Waals surface area contributed by atoms with Crippen molar-refractivity contribution in [2.24, 2.45) is 0 Å². The first-order valence-corrected chi connectivity index (χ1v) is 4.32. The highest BCUT2D eigenvalue weighted by Gasteiger charge is 2.14. The minimum Gasteiger partial charge on any atom is -0.437 e. The van der Waals surface area contributed by atoms with E-state index in [0.29, 0.717) is 6.61 Å². The van der Waals surface area contributed by atoms with E-state index >= 15 is 0 Å². The molecular formula is C8H14O5. The molecule has 0 saturated carbocycles. The second-order valence-electron chi connectivity index (χ2n) is 2.76. The summed E-state index contributed by atoms with van der Waals surface area (Å²) in [5, 5.41) is 8.31. The van der Waals surface area contributed by atoms with Gasteiger partial charge in [0.25, 0.3) is 0 Å².